The number of aromatic nitrogens is 4. The van der Waals surface area contributed by atoms with E-state index in [4.69, 9.17) is 9.47 Å². The van der Waals surface area contributed by atoms with Gasteiger partial charge < -0.3 is 14.5 Å². The lowest BCUT2D eigenvalue weighted by Gasteiger charge is -2.10. The number of fused-ring (bicyclic) bond motifs is 1. The van der Waals surface area contributed by atoms with E-state index in [1.165, 1.54) is 5.39 Å². The molecule has 0 saturated carbocycles. The molecule has 0 aliphatic rings. The van der Waals surface area contributed by atoms with Crippen LogP contribution in [0.2, 0.25) is 0 Å². The maximum atomic E-state index is 5.88. The predicted molar refractivity (Wildman–Crippen MR) is 136 cm³/mol. The van der Waals surface area contributed by atoms with E-state index < -0.39 is 0 Å². The van der Waals surface area contributed by atoms with Crippen molar-refractivity contribution in [1.82, 2.24) is 20.2 Å². The van der Waals surface area contributed by atoms with Crippen molar-refractivity contribution in [3.63, 3.8) is 0 Å². The number of nitrogens with zero attached hydrogens (tertiary/aromatic N) is 2. The number of pyridine rings is 1. The van der Waals surface area contributed by atoms with Crippen molar-refractivity contribution in [3.05, 3.63) is 107 Å². The van der Waals surface area contributed by atoms with Crippen molar-refractivity contribution in [2.45, 2.75) is 6.61 Å². The average molecular weight is 449 g/mol. The van der Waals surface area contributed by atoms with Gasteiger partial charge in [0.1, 0.15) is 18.1 Å². The number of benzene rings is 2. The third-order valence-corrected chi connectivity index (χ3v) is 5.48. The van der Waals surface area contributed by atoms with Gasteiger partial charge in [0.15, 0.2) is 0 Å². The highest BCUT2D eigenvalue weighted by atomic mass is 16.5. The van der Waals surface area contributed by atoms with Crippen molar-refractivity contribution < 1.29 is 9.47 Å². The van der Waals surface area contributed by atoms with E-state index in [-0.39, 0.29) is 0 Å². The highest BCUT2D eigenvalue weighted by Crippen LogP contribution is 2.27. The minimum Gasteiger partial charge on any atom is -0.496 e. The van der Waals surface area contributed by atoms with E-state index >= 15 is 0 Å². The zero-order valence-corrected chi connectivity index (χ0v) is 18.7. The van der Waals surface area contributed by atoms with Gasteiger partial charge in [-0.25, -0.2) is 0 Å². The molecule has 3 aromatic heterocycles. The van der Waals surface area contributed by atoms with Crippen LogP contribution >= 0.6 is 0 Å². The van der Waals surface area contributed by atoms with Gasteiger partial charge in [-0.05, 0) is 71.8 Å². The summed E-state index contributed by atoms with van der Waals surface area (Å²) in [6.45, 7) is 0.475. The van der Waals surface area contributed by atoms with Crippen molar-refractivity contribution in [2.75, 3.05) is 7.11 Å². The Morgan fingerprint density at radius 2 is 1.76 bits per heavy atom. The van der Waals surface area contributed by atoms with E-state index in [0.29, 0.717) is 6.61 Å². The van der Waals surface area contributed by atoms with Gasteiger partial charge in [0.05, 0.1) is 18.5 Å². The SMILES string of the molecule is COc1cc(OCc2ccncc2)ccc1/C=C/c1cc(/C=C/c2cccc3[nH]ccc23)[nH]n1. The standard InChI is InChI=1S/C28H24N4O2/c1-33-28-18-25(34-19-20-11-14-29-15-12-20)10-7-22(28)6-9-24-17-23(31-32-24)8-5-21-3-2-4-27-26(21)13-16-30-27/h2-18,30H,19H2,1H3,(H,31,32)/b8-5+,9-6+. The number of H-pyrrole nitrogens is 2. The zero-order valence-electron chi connectivity index (χ0n) is 18.7. The zero-order chi connectivity index (χ0) is 23.2. The van der Waals surface area contributed by atoms with Crippen LogP contribution in [0.5, 0.6) is 11.5 Å². The molecule has 6 nitrogen and oxygen atoms in total. The second-order valence-corrected chi connectivity index (χ2v) is 7.75. The molecule has 168 valence electrons. The average Bonchev–Trinajstić information content (AvgIpc) is 3.55. The maximum Gasteiger partial charge on any atom is 0.129 e. The highest BCUT2D eigenvalue weighted by Gasteiger charge is 2.05. The van der Waals surface area contributed by atoms with Gasteiger partial charge in [-0.2, -0.15) is 5.10 Å². The predicted octanol–water partition coefficient (Wildman–Crippen LogP) is 6.21. The van der Waals surface area contributed by atoms with Crippen molar-refractivity contribution >= 4 is 35.2 Å². The van der Waals surface area contributed by atoms with Crippen molar-refractivity contribution in [3.8, 4) is 11.5 Å². The topological polar surface area (TPSA) is 75.8 Å². The summed E-state index contributed by atoms with van der Waals surface area (Å²) in [6.07, 6.45) is 13.5. The summed E-state index contributed by atoms with van der Waals surface area (Å²) in [5, 5.41) is 8.66. The van der Waals surface area contributed by atoms with Crippen molar-refractivity contribution in [2.24, 2.45) is 0 Å². The molecule has 0 aliphatic heterocycles. The van der Waals surface area contributed by atoms with Crippen LogP contribution < -0.4 is 9.47 Å². The van der Waals surface area contributed by atoms with Crippen LogP contribution in [0.1, 0.15) is 28.1 Å². The van der Waals surface area contributed by atoms with Crippen LogP contribution in [-0.4, -0.2) is 27.3 Å². The molecule has 0 aliphatic carbocycles. The molecular weight excluding hydrogens is 424 g/mol. The van der Waals surface area contributed by atoms with E-state index in [0.717, 1.165) is 45.1 Å². The molecule has 0 unspecified atom stereocenters. The number of ether oxygens (including phenoxy) is 2. The van der Waals surface area contributed by atoms with E-state index in [1.54, 1.807) is 19.5 Å². The van der Waals surface area contributed by atoms with Crippen LogP contribution in [0.4, 0.5) is 0 Å². The molecular formula is C28H24N4O2. The Bertz CT molecular complexity index is 1450. The largest absolute Gasteiger partial charge is 0.496 e. The molecule has 5 aromatic rings. The van der Waals surface area contributed by atoms with Gasteiger partial charge in [0, 0.05) is 41.1 Å². The lowest BCUT2D eigenvalue weighted by molar-refractivity contribution is 0.303. The van der Waals surface area contributed by atoms with Gasteiger partial charge in [0.25, 0.3) is 0 Å². The van der Waals surface area contributed by atoms with Gasteiger partial charge >= 0.3 is 0 Å². The Kier molecular flexibility index (Phi) is 6.21. The summed E-state index contributed by atoms with van der Waals surface area (Å²) >= 11 is 0. The summed E-state index contributed by atoms with van der Waals surface area (Å²) in [4.78, 5) is 7.26. The summed E-state index contributed by atoms with van der Waals surface area (Å²) in [6, 6.07) is 20.0. The first-order valence-electron chi connectivity index (χ1n) is 11.0. The molecule has 0 saturated heterocycles. The monoisotopic (exact) mass is 448 g/mol. The Balaban J connectivity index is 1.26. The van der Waals surface area contributed by atoms with Gasteiger partial charge in [-0.1, -0.05) is 18.2 Å². The smallest absolute Gasteiger partial charge is 0.129 e. The Labute approximate surface area is 197 Å². The summed E-state index contributed by atoms with van der Waals surface area (Å²) in [5.74, 6) is 1.48. The van der Waals surface area contributed by atoms with Crippen LogP contribution in [0.25, 0.3) is 35.2 Å². The van der Waals surface area contributed by atoms with Gasteiger partial charge in [-0.15, -0.1) is 0 Å². The fourth-order valence-electron chi connectivity index (χ4n) is 3.70. The third kappa shape index (κ3) is 4.91. The van der Waals surface area contributed by atoms with E-state index in [2.05, 4.69) is 44.4 Å². The van der Waals surface area contributed by atoms with E-state index in [9.17, 15) is 0 Å². The molecule has 0 amide bonds. The van der Waals surface area contributed by atoms with Crippen LogP contribution in [0.15, 0.2) is 79.3 Å². The Morgan fingerprint density at radius 1 is 0.882 bits per heavy atom. The molecule has 2 aromatic carbocycles. The first kappa shape index (κ1) is 21.3. The number of methoxy groups -OCH3 is 1. The number of hydrogen-bond donors (Lipinski definition) is 2. The molecule has 6 heteroatoms. The van der Waals surface area contributed by atoms with Crippen molar-refractivity contribution in [1.29, 1.82) is 0 Å². The number of aromatic amines is 2. The molecule has 0 spiro atoms. The maximum absolute atomic E-state index is 5.88. The summed E-state index contributed by atoms with van der Waals surface area (Å²) in [7, 11) is 1.65. The van der Waals surface area contributed by atoms with Gasteiger partial charge in [-0.3, -0.25) is 10.1 Å². The lowest BCUT2D eigenvalue weighted by Crippen LogP contribution is -1.96. The third-order valence-electron chi connectivity index (χ3n) is 5.48. The molecule has 3 heterocycles. The molecule has 34 heavy (non-hydrogen) atoms. The highest BCUT2D eigenvalue weighted by molar-refractivity contribution is 5.91. The van der Waals surface area contributed by atoms with Gasteiger partial charge in [0.2, 0.25) is 0 Å². The molecule has 0 radical (unpaired) electrons. The second kappa shape index (κ2) is 9.92. The Morgan fingerprint density at radius 3 is 2.65 bits per heavy atom. The number of rotatable bonds is 8. The van der Waals surface area contributed by atoms with E-state index in [1.807, 2.05) is 66.9 Å². The number of nitrogens with one attached hydrogen (secondary N) is 2. The summed E-state index contributed by atoms with van der Waals surface area (Å²) < 4.78 is 11.4. The lowest BCUT2D eigenvalue weighted by atomic mass is 10.1. The van der Waals surface area contributed by atoms with Crippen LogP contribution in [0, 0.1) is 0 Å². The number of hydrogen-bond acceptors (Lipinski definition) is 4. The minimum absolute atomic E-state index is 0.475. The normalized spacial score (nSPS) is 11.6. The first-order valence-corrected chi connectivity index (χ1v) is 11.0. The molecule has 0 fully saturated rings. The molecule has 2 N–H and O–H groups in total. The van der Waals surface area contributed by atoms with Crippen LogP contribution in [0.3, 0.4) is 0 Å². The minimum atomic E-state index is 0.475. The second-order valence-electron chi connectivity index (χ2n) is 7.75. The fraction of sp³-hybridized carbons (Fsp3) is 0.0714. The quantitative estimate of drug-likeness (QED) is 0.296. The molecule has 0 bridgehead atoms. The molecule has 5 rings (SSSR count). The summed E-state index contributed by atoms with van der Waals surface area (Å²) in [5.41, 5.74) is 6.04. The first-order chi connectivity index (χ1) is 16.8. The Hall–Kier alpha value is -4.58. The van der Waals surface area contributed by atoms with Crippen LogP contribution in [-0.2, 0) is 6.61 Å². The molecule has 0 atom stereocenters. The fourth-order valence-corrected chi connectivity index (χ4v) is 3.70.